The average molecular weight is 460 g/mol. The molecule has 0 aliphatic carbocycles. The first kappa shape index (κ1) is 23.3. The topological polar surface area (TPSA) is 82.9 Å². The number of amides is 3. The predicted octanol–water partition coefficient (Wildman–Crippen LogP) is 3.30. The molecular formula is C27H29N3O4. The zero-order chi connectivity index (χ0) is 23.9. The molecule has 4 rings (SSSR count). The zero-order valence-electron chi connectivity index (χ0n) is 19.3. The lowest BCUT2D eigenvalue weighted by Gasteiger charge is -2.27. The minimum atomic E-state index is -0.737. The SMILES string of the molecule is Cc1cccc(C(=O)N2CCCN(C(=O)C(Cc3ccccc3)NC(=O)c3ccco3)CC2)c1. The van der Waals surface area contributed by atoms with E-state index in [9.17, 15) is 14.4 Å². The third-order valence-electron chi connectivity index (χ3n) is 5.99. The van der Waals surface area contributed by atoms with Crippen LogP contribution in [0.1, 0.15) is 38.5 Å². The van der Waals surface area contributed by atoms with Gasteiger partial charge in [0.05, 0.1) is 6.26 Å². The number of aryl methyl sites for hydroxylation is 1. The molecule has 1 saturated heterocycles. The summed E-state index contributed by atoms with van der Waals surface area (Å²) < 4.78 is 5.20. The van der Waals surface area contributed by atoms with Gasteiger partial charge in [0.2, 0.25) is 5.91 Å². The Balaban J connectivity index is 1.46. The van der Waals surface area contributed by atoms with Crippen molar-refractivity contribution in [3.05, 3.63) is 95.4 Å². The monoisotopic (exact) mass is 459 g/mol. The summed E-state index contributed by atoms with van der Waals surface area (Å²) in [6.45, 7) is 3.93. The van der Waals surface area contributed by atoms with E-state index in [2.05, 4.69) is 5.32 Å². The normalized spacial score (nSPS) is 14.9. The van der Waals surface area contributed by atoms with E-state index in [1.807, 2.05) is 61.5 Å². The molecule has 1 aliphatic heterocycles. The molecule has 1 aliphatic rings. The molecule has 7 heteroatoms. The van der Waals surface area contributed by atoms with Crippen molar-refractivity contribution in [3.63, 3.8) is 0 Å². The molecule has 1 aromatic heterocycles. The maximum atomic E-state index is 13.5. The van der Waals surface area contributed by atoms with Crippen LogP contribution in [0.25, 0.3) is 0 Å². The van der Waals surface area contributed by atoms with Gasteiger partial charge in [-0.3, -0.25) is 14.4 Å². The molecule has 2 aromatic carbocycles. The lowest BCUT2D eigenvalue weighted by Crippen LogP contribution is -2.50. The minimum absolute atomic E-state index is 0.0232. The fourth-order valence-electron chi connectivity index (χ4n) is 4.21. The number of hydrogen-bond donors (Lipinski definition) is 1. The number of carbonyl (C=O) groups is 3. The molecule has 34 heavy (non-hydrogen) atoms. The smallest absolute Gasteiger partial charge is 0.287 e. The molecule has 3 aromatic rings. The van der Waals surface area contributed by atoms with Crippen LogP contribution in [0.4, 0.5) is 0 Å². The van der Waals surface area contributed by atoms with Crippen LogP contribution in [0.15, 0.2) is 77.4 Å². The van der Waals surface area contributed by atoms with Gasteiger partial charge in [0.1, 0.15) is 6.04 Å². The maximum Gasteiger partial charge on any atom is 0.287 e. The van der Waals surface area contributed by atoms with E-state index in [0.717, 1.165) is 11.1 Å². The second-order valence-corrected chi connectivity index (χ2v) is 8.53. The zero-order valence-corrected chi connectivity index (χ0v) is 19.3. The van der Waals surface area contributed by atoms with Crippen molar-refractivity contribution in [2.24, 2.45) is 0 Å². The highest BCUT2D eigenvalue weighted by molar-refractivity contribution is 5.96. The van der Waals surface area contributed by atoms with Gasteiger partial charge in [-0.1, -0.05) is 48.0 Å². The summed E-state index contributed by atoms with van der Waals surface area (Å²) in [5.41, 5.74) is 2.65. The highest BCUT2D eigenvalue weighted by atomic mass is 16.3. The fourth-order valence-corrected chi connectivity index (χ4v) is 4.21. The molecule has 1 atom stereocenters. The fraction of sp³-hybridized carbons (Fsp3) is 0.296. The molecule has 7 nitrogen and oxygen atoms in total. The van der Waals surface area contributed by atoms with E-state index in [4.69, 9.17) is 4.42 Å². The summed E-state index contributed by atoms with van der Waals surface area (Å²) in [5.74, 6) is -0.444. The Morgan fingerprint density at radius 3 is 2.41 bits per heavy atom. The van der Waals surface area contributed by atoms with Crippen LogP contribution < -0.4 is 5.32 Å². The van der Waals surface area contributed by atoms with Gasteiger partial charge in [0.15, 0.2) is 5.76 Å². The van der Waals surface area contributed by atoms with Crippen LogP contribution in [0.5, 0.6) is 0 Å². The van der Waals surface area contributed by atoms with Crippen molar-refractivity contribution < 1.29 is 18.8 Å². The van der Waals surface area contributed by atoms with Crippen molar-refractivity contribution in [2.75, 3.05) is 26.2 Å². The van der Waals surface area contributed by atoms with E-state index in [0.29, 0.717) is 44.6 Å². The first-order valence-corrected chi connectivity index (χ1v) is 11.5. The Morgan fingerprint density at radius 2 is 1.68 bits per heavy atom. The molecule has 0 radical (unpaired) electrons. The molecule has 1 unspecified atom stereocenters. The largest absolute Gasteiger partial charge is 0.459 e. The average Bonchev–Trinajstić information content (AvgIpc) is 3.28. The number of furan rings is 1. The Bertz CT molecular complexity index is 1130. The molecule has 0 saturated carbocycles. The Kier molecular flexibility index (Phi) is 7.42. The highest BCUT2D eigenvalue weighted by Crippen LogP contribution is 2.14. The molecule has 3 amide bonds. The number of nitrogens with one attached hydrogen (secondary N) is 1. The Morgan fingerprint density at radius 1 is 0.912 bits per heavy atom. The molecule has 0 spiro atoms. The summed E-state index contributed by atoms with van der Waals surface area (Å²) in [5, 5.41) is 2.85. The first-order chi connectivity index (χ1) is 16.5. The first-order valence-electron chi connectivity index (χ1n) is 11.5. The van der Waals surface area contributed by atoms with Crippen LogP contribution in [-0.4, -0.2) is 59.7 Å². The number of hydrogen-bond acceptors (Lipinski definition) is 4. The molecule has 176 valence electrons. The third kappa shape index (κ3) is 5.73. The van der Waals surface area contributed by atoms with E-state index in [1.165, 1.54) is 6.26 Å². The van der Waals surface area contributed by atoms with Crippen molar-refractivity contribution in [1.82, 2.24) is 15.1 Å². The van der Waals surface area contributed by atoms with Gasteiger partial charge in [0, 0.05) is 38.2 Å². The molecule has 2 heterocycles. The van der Waals surface area contributed by atoms with Gasteiger partial charge >= 0.3 is 0 Å². The van der Waals surface area contributed by atoms with E-state index < -0.39 is 11.9 Å². The minimum Gasteiger partial charge on any atom is -0.459 e. The lowest BCUT2D eigenvalue weighted by atomic mass is 10.0. The standard InChI is InChI=1S/C27H29N3O4/c1-20-8-5-11-22(18-20)26(32)29-13-7-14-30(16-15-29)27(33)23(19-21-9-3-2-4-10-21)28-25(31)24-12-6-17-34-24/h2-6,8-12,17-18,23H,7,13-16,19H2,1H3,(H,28,31). The summed E-state index contributed by atoms with van der Waals surface area (Å²) >= 11 is 0. The second kappa shape index (κ2) is 10.8. The Labute approximate surface area is 199 Å². The van der Waals surface area contributed by atoms with E-state index >= 15 is 0 Å². The molecule has 1 fully saturated rings. The van der Waals surface area contributed by atoms with Crippen LogP contribution >= 0.6 is 0 Å². The molecular weight excluding hydrogens is 430 g/mol. The maximum absolute atomic E-state index is 13.5. The van der Waals surface area contributed by atoms with Gasteiger partial charge in [-0.15, -0.1) is 0 Å². The predicted molar refractivity (Wildman–Crippen MR) is 128 cm³/mol. The van der Waals surface area contributed by atoms with Gasteiger partial charge in [-0.2, -0.15) is 0 Å². The van der Waals surface area contributed by atoms with E-state index in [1.54, 1.807) is 21.9 Å². The van der Waals surface area contributed by atoms with Crippen molar-refractivity contribution in [1.29, 1.82) is 0 Å². The van der Waals surface area contributed by atoms with Gasteiger partial charge in [-0.05, 0) is 43.2 Å². The van der Waals surface area contributed by atoms with Gasteiger partial charge in [0.25, 0.3) is 11.8 Å². The summed E-state index contributed by atoms with van der Waals surface area (Å²) in [4.78, 5) is 42.7. The lowest BCUT2D eigenvalue weighted by molar-refractivity contribution is -0.133. The highest BCUT2D eigenvalue weighted by Gasteiger charge is 2.29. The van der Waals surface area contributed by atoms with Crippen LogP contribution in [0.2, 0.25) is 0 Å². The van der Waals surface area contributed by atoms with Crippen molar-refractivity contribution >= 4 is 17.7 Å². The quantitative estimate of drug-likeness (QED) is 0.613. The van der Waals surface area contributed by atoms with E-state index in [-0.39, 0.29) is 17.6 Å². The second-order valence-electron chi connectivity index (χ2n) is 8.53. The van der Waals surface area contributed by atoms with Crippen molar-refractivity contribution in [3.8, 4) is 0 Å². The van der Waals surface area contributed by atoms with Gasteiger partial charge in [-0.25, -0.2) is 0 Å². The van der Waals surface area contributed by atoms with Crippen LogP contribution in [-0.2, 0) is 11.2 Å². The van der Waals surface area contributed by atoms with Crippen molar-refractivity contribution in [2.45, 2.75) is 25.8 Å². The summed E-state index contributed by atoms with van der Waals surface area (Å²) in [6, 6.07) is 19.6. The number of carbonyl (C=O) groups excluding carboxylic acids is 3. The molecule has 0 bridgehead atoms. The number of benzene rings is 2. The summed E-state index contributed by atoms with van der Waals surface area (Å²) in [7, 11) is 0. The summed E-state index contributed by atoms with van der Waals surface area (Å²) in [6.07, 6.45) is 2.47. The van der Waals surface area contributed by atoms with Gasteiger partial charge < -0.3 is 19.5 Å². The number of nitrogens with zero attached hydrogens (tertiary/aromatic N) is 2. The third-order valence-corrected chi connectivity index (χ3v) is 5.99. The van der Waals surface area contributed by atoms with Crippen LogP contribution in [0, 0.1) is 6.92 Å². The Hall–Kier alpha value is -3.87. The molecule has 1 N–H and O–H groups in total. The number of rotatable bonds is 6. The van der Waals surface area contributed by atoms with Crippen LogP contribution in [0.3, 0.4) is 0 Å².